The molecule has 0 aliphatic heterocycles. The van der Waals surface area contributed by atoms with E-state index in [9.17, 15) is 4.79 Å². The van der Waals surface area contributed by atoms with Gasteiger partial charge < -0.3 is 5.11 Å². The predicted octanol–water partition coefficient (Wildman–Crippen LogP) is 4.82. The first kappa shape index (κ1) is 14.4. The SMILES string of the molecule is CC1CCC(c2ccc(C(C)C(=O)O)cc2Cl)CC1. The monoisotopic (exact) mass is 280 g/mol. The third-order valence-corrected chi connectivity index (χ3v) is 4.68. The van der Waals surface area contributed by atoms with Crippen LogP contribution in [0.15, 0.2) is 18.2 Å². The van der Waals surface area contributed by atoms with Crippen LogP contribution in [-0.4, -0.2) is 11.1 Å². The Morgan fingerprint density at radius 3 is 2.47 bits per heavy atom. The van der Waals surface area contributed by atoms with E-state index in [0.717, 1.165) is 16.5 Å². The van der Waals surface area contributed by atoms with E-state index in [2.05, 4.69) is 6.92 Å². The number of hydrogen-bond donors (Lipinski definition) is 1. The summed E-state index contributed by atoms with van der Waals surface area (Å²) in [7, 11) is 0. The normalized spacial score (nSPS) is 25.0. The minimum absolute atomic E-state index is 0.502. The lowest BCUT2D eigenvalue weighted by molar-refractivity contribution is -0.138. The van der Waals surface area contributed by atoms with Crippen LogP contribution in [0.3, 0.4) is 0 Å². The van der Waals surface area contributed by atoms with Gasteiger partial charge in [-0.15, -0.1) is 0 Å². The molecule has 19 heavy (non-hydrogen) atoms. The molecule has 1 N–H and O–H groups in total. The maximum atomic E-state index is 11.0. The number of carboxylic acid groups (broad SMARTS) is 1. The number of halogens is 1. The zero-order valence-corrected chi connectivity index (χ0v) is 12.3. The molecule has 1 aromatic carbocycles. The number of carbonyl (C=O) groups is 1. The fraction of sp³-hybridized carbons (Fsp3) is 0.562. The molecule has 0 saturated heterocycles. The molecule has 1 aliphatic rings. The highest BCUT2D eigenvalue weighted by atomic mass is 35.5. The van der Waals surface area contributed by atoms with Crippen LogP contribution in [-0.2, 0) is 4.79 Å². The van der Waals surface area contributed by atoms with E-state index < -0.39 is 11.9 Å². The fourth-order valence-corrected chi connectivity index (χ4v) is 3.20. The van der Waals surface area contributed by atoms with Gasteiger partial charge in [0.1, 0.15) is 0 Å². The van der Waals surface area contributed by atoms with Gasteiger partial charge in [0, 0.05) is 5.02 Å². The van der Waals surface area contributed by atoms with Crippen molar-refractivity contribution in [3.05, 3.63) is 34.3 Å². The van der Waals surface area contributed by atoms with Gasteiger partial charge in [0.15, 0.2) is 0 Å². The molecule has 1 unspecified atom stereocenters. The van der Waals surface area contributed by atoms with Crippen LogP contribution in [0.4, 0.5) is 0 Å². The Bertz CT molecular complexity index is 462. The number of aliphatic carboxylic acids is 1. The second-order valence-electron chi connectivity index (χ2n) is 5.80. The summed E-state index contributed by atoms with van der Waals surface area (Å²) in [4.78, 5) is 11.0. The Kier molecular flexibility index (Phi) is 4.51. The van der Waals surface area contributed by atoms with Crippen LogP contribution >= 0.6 is 11.6 Å². The second kappa shape index (κ2) is 5.96. The van der Waals surface area contributed by atoms with Crippen molar-refractivity contribution in [2.24, 2.45) is 5.92 Å². The summed E-state index contributed by atoms with van der Waals surface area (Å²) in [6, 6.07) is 5.77. The Morgan fingerprint density at radius 2 is 1.95 bits per heavy atom. The molecular weight excluding hydrogens is 260 g/mol. The van der Waals surface area contributed by atoms with Crippen molar-refractivity contribution in [3.63, 3.8) is 0 Å². The minimum Gasteiger partial charge on any atom is -0.481 e. The van der Waals surface area contributed by atoms with Crippen LogP contribution in [0.25, 0.3) is 0 Å². The van der Waals surface area contributed by atoms with Crippen LogP contribution in [0.1, 0.15) is 62.5 Å². The van der Waals surface area contributed by atoms with Crippen molar-refractivity contribution < 1.29 is 9.90 Å². The van der Waals surface area contributed by atoms with Gasteiger partial charge in [-0.05, 0) is 48.8 Å². The lowest BCUT2D eigenvalue weighted by Crippen LogP contribution is -2.12. The summed E-state index contributed by atoms with van der Waals surface area (Å²) < 4.78 is 0. The molecule has 0 heterocycles. The first-order valence-corrected chi connectivity index (χ1v) is 7.39. The van der Waals surface area contributed by atoms with Crippen LogP contribution in [0.5, 0.6) is 0 Å². The average Bonchev–Trinajstić information content (AvgIpc) is 2.39. The van der Waals surface area contributed by atoms with Crippen molar-refractivity contribution >= 4 is 17.6 Å². The summed E-state index contributed by atoms with van der Waals surface area (Å²) in [6.07, 6.45) is 4.89. The summed E-state index contributed by atoms with van der Waals surface area (Å²) in [5.74, 6) is 0.0486. The van der Waals surface area contributed by atoms with E-state index in [0.29, 0.717) is 5.92 Å². The summed E-state index contributed by atoms with van der Waals surface area (Å²) in [6.45, 7) is 3.99. The van der Waals surface area contributed by atoms with Gasteiger partial charge in [0.25, 0.3) is 0 Å². The molecule has 2 nitrogen and oxygen atoms in total. The summed E-state index contributed by atoms with van der Waals surface area (Å²) >= 11 is 6.35. The van der Waals surface area contributed by atoms with E-state index in [1.165, 1.54) is 31.2 Å². The van der Waals surface area contributed by atoms with Crippen molar-refractivity contribution in [2.45, 2.75) is 51.4 Å². The minimum atomic E-state index is -0.810. The highest BCUT2D eigenvalue weighted by molar-refractivity contribution is 6.31. The highest BCUT2D eigenvalue weighted by Crippen LogP contribution is 2.39. The predicted molar refractivity (Wildman–Crippen MR) is 77.9 cm³/mol. The van der Waals surface area contributed by atoms with Crippen LogP contribution in [0.2, 0.25) is 5.02 Å². The average molecular weight is 281 g/mol. The standard InChI is InChI=1S/C16H21ClO2/c1-10-3-5-12(6-4-10)14-8-7-13(9-15(14)17)11(2)16(18)19/h7-12H,3-6H2,1-2H3,(H,18,19). The maximum Gasteiger partial charge on any atom is 0.310 e. The van der Waals surface area contributed by atoms with E-state index in [1.807, 2.05) is 18.2 Å². The molecule has 1 atom stereocenters. The van der Waals surface area contributed by atoms with Crippen LogP contribution < -0.4 is 0 Å². The van der Waals surface area contributed by atoms with E-state index >= 15 is 0 Å². The van der Waals surface area contributed by atoms with Gasteiger partial charge in [0.05, 0.1) is 5.92 Å². The van der Waals surface area contributed by atoms with Crippen LogP contribution in [0, 0.1) is 5.92 Å². The molecule has 1 aliphatic carbocycles. The quantitative estimate of drug-likeness (QED) is 0.862. The van der Waals surface area contributed by atoms with Crippen molar-refractivity contribution in [2.75, 3.05) is 0 Å². The molecule has 2 rings (SSSR count). The smallest absolute Gasteiger partial charge is 0.310 e. The lowest BCUT2D eigenvalue weighted by Gasteiger charge is -2.27. The van der Waals surface area contributed by atoms with Gasteiger partial charge in [0.2, 0.25) is 0 Å². The Labute approximate surface area is 119 Å². The van der Waals surface area contributed by atoms with Crippen molar-refractivity contribution in [1.29, 1.82) is 0 Å². The maximum absolute atomic E-state index is 11.0. The molecule has 0 radical (unpaired) electrons. The molecular formula is C16H21ClO2. The Balaban J connectivity index is 2.17. The number of hydrogen-bond acceptors (Lipinski definition) is 1. The third-order valence-electron chi connectivity index (χ3n) is 4.35. The molecule has 0 spiro atoms. The lowest BCUT2D eigenvalue weighted by atomic mass is 9.79. The molecule has 0 bridgehead atoms. The van der Waals surface area contributed by atoms with E-state index in [4.69, 9.17) is 16.7 Å². The van der Waals surface area contributed by atoms with Crippen molar-refractivity contribution in [3.8, 4) is 0 Å². The van der Waals surface area contributed by atoms with E-state index in [1.54, 1.807) is 6.92 Å². The zero-order valence-electron chi connectivity index (χ0n) is 11.5. The Hall–Kier alpha value is -1.02. The third kappa shape index (κ3) is 3.30. The molecule has 1 saturated carbocycles. The molecule has 1 fully saturated rings. The number of benzene rings is 1. The summed E-state index contributed by atoms with van der Waals surface area (Å²) in [5.41, 5.74) is 1.97. The number of carboxylic acids is 1. The topological polar surface area (TPSA) is 37.3 Å². The zero-order chi connectivity index (χ0) is 14.0. The van der Waals surface area contributed by atoms with Gasteiger partial charge in [-0.25, -0.2) is 0 Å². The molecule has 3 heteroatoms. The fourth-order valence-electron chi connectivity index (χ4n) is 2.86. The first-order chi connectivity index (χ1) is 8.99. The summed E-state index contributed by atoms with van der Waals surface area (Å²) in [5, 5.41) is 9.76. The van der Waals surface area contributed by atoms with Gasteiger partial charge in [-0.3, -0.25) is 4.79 Å². The number of rotatable bonds is 3. The largest absolute Gasteiger partial charge is 0.481 e. The highest BCUT2D eigenvalue weighted by Gasteiger charge is 2.22. The molecule has 104 valence electrons. The Morgan fingerprint density at radius 1 is 1.32 bits per heavy atom. The van der Waals surface area contributed by atoms with Crippen molar-refractivity contribution in [1.82, 2.24) is 0 Å². The second-order valence-corrected chi connectivity index (χ2v) is 6.20. The van der Waals surface area contributed by atoms with Gasteiger partial charge in [-0.2, -0.15) is 0 Å². The van der Waals surface area contributed by atoms with Gasteiger partial charge >= 0.3 is 5.97 Å². The molecule has 1 aromatic rings. The first-order valence-electron chi connectivity index (χ1n) is 7.01. The molecule has 0 aromatic heterocycles. The van der Waals surface area contributed by atoms with E-state index in [-0.39, 0.29) is 0 Å². The van der Waals surface area contributed by atoms with Gasteiger partial charge in [-0.1, -0.05) is 43.5 Å². The molecule has 0 amide bonds.